The molecule has 1 saturated carbocycles. The van der Waals surface area contributed by atoms with Gasteiger partial charge in [0.05, 0.1) is 6.61 Å². The molecule has 0 bridgehead atoms. The van der Waals surface area contributed by atoms with Crippen molar-refractivity contribution in [2.75, 3.05) is 6.61 Å². The summed E-state index contributed by atoms with van der Waals surface area (Å²) in [4.78, 5) is 0. The van der Waals surface area contributed by atoms with E-state index in [4.69, 9.17) is 4.74 Å². The van der Waals surface area contributed by atoms with Crippen LogP contribution in [0, 0.1) is 11.3 Å². The van der Waals surface area contributed by atoms with E-state index in [1.807, 2.05) is 0 Å². The second-order valence-corrected chi connectivity index (χ2v) is 6.28. The third-order valence-corrected chi connectivity index (χ3v) is 4.04. The molecule has 2 aliphatic rings. The molecule has 1 aliphatic heterocycles. The molecule has 1 aliphatic carbocycles. The number of ether oxygens (including phenoxy) is 1. The van der Waals surface area contributed by atoms with Crippen LogP contribution in [0.5, 0.6) is 5.75 Å². The Labute approximate surface area is 97.8 Å². The Morgan fingerprint density at radius 1 is 1.25 bits per heavy atom. The molecule has 0 spiro atoms. The molecular formula is C15H20O. The summed E-state index contributed by atoms with van der Waals surface area (Å²) in [7, 11) is 0. The molecule has 1 heterocycles. The highest BCUT2D eigenvalue weighted by Gasteiger charge is 2.45. The topological polar surface area (TPSA) is 9.23 Å². The van der Waals surface area contributed by atoms with Gasteiger partial charge in [0, 0.05) is 6.42 Å². The molecule has 1 aromatic carbocycles. The van der Waals surface area contributed by atoms with Gasteiger partial charge in [0.2, 0.25) is 0 Å². The van der Waals surface area contributed by atoms with E-state index in [1.54, 1.807) is 0 Å². The van der Waals surface area contributed by atoms with E-state index in [-0.39, 0.29) is 0 Å². The van der Waals surface area contributed by atoms with Gasteiger partial charge in [0.25, 0.3) is 0 Å². The minimum absolute atomic E-state index is 0.459. The van der Waals surface area contributed by atoms with Crippen LogP contribution >= 0.6 is 0 Å². The van der Waals surface area contributed by atoms with Crippen LogP contribution in [0.1, 0.15) is 44.2 Å². The van der Waals surface area contributed by atoms with Gasteiger partial charge in [-0.15, -0.1) is 0 Å². The fourth-order valence-corrected chi connectivity index (χ4v) is 2.96. The molecule has 1 fully saturated rings. The normalized spacial score (nSPS) is 27.4. The highest BCUT2D eigenvalue weighted by molar-refractivity contribution is 5.42. The van der Waals surface area contributed by atoms with Crippen LogP contribution in [0.15, 0.2) is 18.2 Å². The molecule has 0 N–H and O–H groups in total. The quantitative estimate of drug-likeness (QED) is 0.694. The van der Waals surface area contributed by atoms with Crippen molar-refractivity contribution in [2.24, 2.45) is 11.3 Å². The predicted octanol–water partition coefficient (Wildman–Crippen LogP) is 3.77. The lowest BCUT2D eigenvalue weighted by atomic mass is 9.87. The Kier molecular flexibility index (Phi) is 2.07. The first-order valence-corrected chi connectivity index (χ1v) is 6.31. The average Bonchev–Trinajstić information content (AvgIpc) is 2.89. The molecule has 0 saturated heterocycles. The summed E-state index contributed by atoms with van der Waals surface area (Å²) in [6, 6.07) is 6.80. The Balaban J connectivity index is 1.82. The number of hydrogen-bond donors (Lipinski definition) is 0. The number of hydrogen-bond acceptors (Lipinski definition) is 1. The SMILES string of the molecule is CC(C)(C)C1CC1c1ccc2c(c1)CCO2. The summed E-state index contributed by atoms with van der Waals surface area (Å²) in [5.41, 5.74) is 3.40. The fourth-order valence-electron chi connectivity index (χ4n) is 2.96. The van der Waals surface area contributed by atoms with E-state index in [9.17, 15) is 0 Å². The molecule has 1 nitrogen and oxygen atoms in total. The van der Waals surface area contributed by atoms with Crippen molar-refractivity contribution in [1.82, 2.24) is 0 Å². The largest absolute Gasteiger partial charge is 0.493 e. The van der Waals surface area contributed by atoms with E-state index in [0.717, 1.165) is 30.6 Å². The summed E-state index contributed by atoms with van der Waals surface area (Å²) < 4.78 is 5.55. The van der Waals surface area contributed by atoms with Crippen LogP contribution in [-0.2, 0) is 6.42 Å². The lowest BCUT2D eigenvalue weighted by Gasteiger charge is -2.18. The van der Waals surface area contributed by atoms with Crippen molar-refractivity contribution in [3.05, 3.63) is 29.3 Å². The van der Waals surface area contributed by atoms with E-state index in [2.05, 4.69) is 39.0 Å². The second-order valence-electron chi connectivity index (χ2n) is 6.28. The van der Waals surface area contributed by atoms with Crippen molar-refractivity contribution >= 4 is 0 Å². The standard InChI is InChI=1S/C15H20O/c1-15(2,3)13-9-12(13)10-4-5-14-11(8-10)6-7-16-14/h4-5,8,12-13H,6-7,9H2,1-3H3. The maximum Gasteiger partial charge on any atom is 0.122 e. The minimum atomic E-state index is 0.459. The Hall–Kier alpha value is -0.980. The summed E-state index contributed by atoms with van der Waals surface area (Å²) in [5.74, 6) is 2.77. The molecular weight excluding hydrogens is 196 g/mol. The molecule has 2 unspecified atom stereocenters. The van der Waals surface area contributed by atoms with Gasteiger partial charge in [-0.05, 0) is 40.9 Å². The van der Waals surface area contributed by atoms with Crippen molar-refractivity contribution in [1.29, 1.82) is 0 Å². The maximum atomic E-state index is 5.55. The molecule has 86 valence electrons. The fraction of sp³-hybridized carbons (Fsp3) is 0.600. The predicted molar refractivity (Wildman–Crippen MR) is 65.9 cm³/mol. The van der Waals surface area contributed by atoms with Crippen LogP contribution in [0.4, 0.5) is 0 Å². The monoisotopic (exact) mass is 216 g/mol. The first kappa shape index (κ1) is 10.2. The van der Waals surface area contributed by atoms with E-state index < -0.39 is 0 Å². The van der Waals surface area contributed by atoms with Gasteiger partial charge in [-0.25, -0.2) is 0 Å². The minimum Gasteiger partial charge on any atom is -0.493 e. The highest BCUT2D eigenvalue weighted by atomic mass is 16.5. The summed E-state index contributed by atoms with van der Waals surface area (Å²) in [6.45, 7) is 7.93. The third-order valence-electron chi connectivity index (χ3n) is 4.04. The highest BCUT2D eigenvalue weighted by Crippen LogP contribution is 2.57. The van der Waals surface area contributed by atoms with Gasteiger partial charge in [-0.1, -0.05) is 32.9 Å². The smallest absolute Gasteiger partial charge is 0.122 e. The van der Waals surface area contributed by atoms with E-state index in [0.29, 0.717) is 5.41 Å². The summed E-state index contributed by atoms with van der Waals surface area (Å²) in [6.07, 6.45) is 2.46. The van der Waals surface area contributed by atoms with Crippen LogP contribution in [0.2, 0.25) is 0 Å². The van der Waals surface area contributed by atoms with Gasteiger partial charge in [0.15, 0.2) is 0 Å². The van der Waals surface area contributed by atoms with Crippen LogP contribution in [-0.4, -0.2) is 6.61 Å². The Bertz CT molecular complexity index is 414. The number of fused-ring (bicyclic) bond motifs is 1. The van der Waals surface area contributed by atoms with Gasteiger partial charge in [-0.3, -0.25) is 0 Å². The third kappa shape index (κ3) is 1.63. The van der Waals surface area contributed by atoms with E-state index in [1.165, 1.54) is 17.5 Å². The lowest BCUT2D eigenvalue weighted by Crippen LogP contribution is -2.08. The zero-order chi connectivity index (χ0) is 11.3. The second kappa shape index (κ2) is 3.26. The maximum absolute atomic E-state index is 5.55. The molecule has 1 heteroatoms. The molecule has 0 aromatic heterocycles. The summed E-state index contributed by atoms with van der Waals surface area (Å²) >= 11 is 0. The Morgan fingerprint density at radius 2 is 2.06 bits per heavy atom. The van der Waals surface area contributed by atoms with Crippen LogP contribution in [0.25, 0.3) is 0 Å². The Morgan fingerprint density at radius 3 is 2.75 bits per heavy atom. The van der Waals surface area contributed by atoms with Gasteiger partial charge >= 0.3 is 0 Å². The lowest BCUT2D eigenvalue weighted by molar-refractivity contribution is 0.343. The number of benzene rings is 1. The molecule has 3 rings (SSSR count). The molecule has 0 amide bonds. The first-order valence-electron chi connectivity index (χ1n) is 6.31. The van der Waals surface area contributed by atoms with Gasteiger partial charge in [0.1, 0.15) is 5.75 Å². The van der Waals surface area contributed by atoms with Crippen molar-refractivity contribution in [3.8, 4) is 5.75 Å². The van der Waals surface area contributed by atoms with Crippen molar-refractivity contribution < 1.29 is 4.74 Å². The van der Waals surface area contributed by atoms with Crippen LogP contribution in [0.3, 0.4) is 0 Å². The zero-order valence-electron chi connectivity index (χ0n) is 10.4. The first-order chi connectivity index (χ1) is 7.55. The summed E-state index contributed by atoms with van der Waals surface area (Å²) in [5, 5.41) is 0. The molecule has 0 radical (unpaired) electrons. The van der Waals surface area contributed by atoms with Gasteiger partial charge < -0.3 is 4.74 Å². The van der Waals surface area contributed by atoms with Crippen molar-refractivity contribution in [3.63, 3.8) is 0 Å². The number of rotatable bonds is 1. The molecule has 2 atom stereocenters. The van der Waals surface area contributed by atoms with Crippen LogP contribution < -0.4 is 4.74 Å². The molecule has 16 heavy (non-hydrogen) atoms. The van der Waals surface area contributed by atoms with Gasteiger partial charge in [-0.2, -0.15) is 0 Å². The van der Waals surface area contributed by atoms with Crippen molar-refractivity contribution in [2.45, 2.75) is 39.5 Å². The van der Waals surface area contributed by atoms with E-state index >= 15 is 0 Å². The zero-order valence-corrected chi connectivity index (χ0v) is 10.4. The molecule has 1 aromatic rings. The average molecular weight is 216 g/mol.